The van der Waals surface area contributed by atoms with Crippen LogP contribution in [0.25, 0.3) is 0 Å². The fourth-order valence-electron chi connectivity index (χ4n) is 2.79. The van der Waals surface area contributed by atoms with Crippen molar-refractivity contribution < 1.29 is 4.79 Å². The number of piperidine rings is 1. The zero-order valence-corrected chi connectivity index (χ0v) is 10.2. The molecule has 2 aliphatic heterocycles. The number of likely N-dealkylation sites (tertiary alicyclic amines) is 1. The summed E-state index contributed by atoms with van der Waals surface area (Å²) in [5.74, 6) is 1.08. The molecule has 2 saturated heterocycles. The molecule has 2 rings (SSSR count). The maximum Gasteiger partial charge on any atom is 0.220 e. The second-order valence-electron chi connectivity index (χ2n) is 5.10. The largest absolute Gasteiger partial charge is 0.352 e. The molecule has 1 unspecified atom stereocenters. The first-order chi connectivity index (χ1) is 7.78. The van der Waals surface area contributed by atoms with Crippen molar-refractivity contribution in [2.45, 2.75) is 31.7 Å². The SMILES string of the molecule is CNCC1CCN(CC2CCC(=O)N2)CC1. The molecule has 2 fully saturated rings. The summed E-state index contributed by atoms with van der Waals surface area (Å²) in [6, 6.07) is 0.411. The topological polar surface area (TPSA) is 44.4 Å². The van der Waals surface area contributed by atoms with Gasteiger partial charge in [-0.25, -0.2) is 0 Å². The number of rotatable bonds is 4. The molecule has 0 saturated carbocycles. The third kappa shape index (κ3) is 3.19. The summed E-state index contributed by atoms with van der Waals surface area (Å²) < 4.78 is 0. The highest BCUT2D eigenvalue weighted by Crippen LogP contribution is 2.18. The second kappa shape index (κ2) is 5.64. The molecular weight excluding hydrogens is 202 g/mol. The van der Waals surface area contributed by atoms with Gasteiger partial charge in [0.25, 0.3) is 0 Å². The molecule has 0 aromatic rings. The van der Waals surface area contributed by atoms with E-state index in [0.29, 0.717) is 6.04 Å². The molecule has 2 aliphatic rings. The lowest BCUT2D eigenvalue weighted by molar-refractivity contribution is -0.119. The minimum atomic E-state index is 0.232. The Morgan fingerprint density at radius 1 is 1.38 bits per heavy atom. The molecular formula is C12H23N3O. The summed E-state index contributed by atoms with van der Waals surface area (Å²) in [6.45, 7) is 4.59. The lowest BCUT2D eigenvalue weighted by atomic mass is 9.96. The molecule has 16 heavy (non-hydrogen) atoms. The van der Waals surface area contributed by atoms with Gasteiger partial charge >= 0.3 is 0 Å². The number of amides is 1. The normalized spacial score (nSPS) is 28.3. The van der Waals surface area contributed by atoms with Crippen LogP contribution in [0.1, 0.15) is 25.7 Å². The first-order valence-electron chi connectivity index (χ1n) is 6.44. The van der Waals surface area contributed by atoms with Gasteiger partial charge < -0.3 is 15.5 Å². The summed E-state index contributed by atoms with van der Waals surface area (Å²) in [6.07, 6.45) is 4.33. The molecule has 0 bridgehead atoms. The van der Waals surface area contributed by atoms with Crippen LogP contribution >= 0.6 is 0 Å². The Balaban J connectivity index is 1.67. The molecule has 92 valence electrons. The van der Waals surface area contributed by atoms with E-state index in [2.05, 4.69) is 15.5 Å². The average Bonchev–Trinajstić information content (AvgIpc) is 2.67. The number of carbonyl (C=O) groups is 1. The van der Waals surface area contributed by atoms with Crippen molar-refractivity contribution in [3.63, 3.8) is 0 Å². The molecule has 4 heteroatoms. The van der Waals surface area contributed by atoms with Crippen LogP contribution in [0.2, 0.25) is 0 Å². The first-order valence-corrected chi connectivity index (χ1v) is 6.44. The van der Waals surface area contributed by atoms with Gasteiger partial charge in [0.2, 0.25) is 5.91 Å². The molecule has 0 aromatic heterocycles. The summed E-state index contributed by atoms with van der Waals surface area (Å²) in [5, 5.41) is 6.30. The van der Waals surface area contributed by atoms with Crippen LogP contribution in [-0.4, -0.2) is 50.1 Å². The zero-order chi connectivity index (χ0) is 11.4. The van der Waals surface area contributed by atoms with E-state index in [9.17, 15) is 4.79 Å². The van der Waals surface area contributed by atoms with E-state index in [0.717, 1.165) is 31.8 Å². The minimum absolute atomic E-state index is 0.232. The van der Waals surface area contributed by atoms with Gasteiger partial charge in [0.15, 0.2) is 0 Å². The van der Waals surface area contributed by atoms with Crippen LogP contribution < -0.4 is 10.6 Å². The van der Waals surface area contributed by atoms with E-state index >= 15 is 0 Å². The van der Waals surface area contributed by atoms with Crippen LogP contribution in [0.3, 0.4) is 0 Å². The predicted octanol–water partition coefficient (Wildman–Crippen LogP) is 0.196. The van der Waals surface area contributed by atoms with Gasteiger partial charge in [-0.2, -0.15) is 0 Å². The molecule has 4 nitrogen and oxygen atoms in total. The highest BCUT2D eigenvalue weighted by molar-refractivity contribution is 5.78. The van der Waals surface area contributed by atoms with Crippen LogP contribution in [0.5, 0.6) is 0 Å². The number of nitrogens with zero attached hydrogens (tertiary/aromatic N) is 1. The summed E-state index contributed by atoms with van der Waals surface area (Å²) in [4.78, 5) is 13.6. The summed E-state index contributed by atoms with van der Waals surface area (Å²) in [7, 11) is 2.03. The van der Waals surface area contributed by atoms with Gasteiger partial charge in [-0.3, -0.25) is 4.79 Å². The molecule has 0 spiro atoms. The maximum absolute atomic E-state index is 11.1. The van der Waals surface area contributed by atoms with E-state index in [4.69, 9.17) is 0 Å². The van der Waals surface area contributed by atoms with Gasteiger partial charge in [0.05, 0.1) is 0 Å². The van der Waals surface area contributed by atoms with Crippen molar-refractivity contribution >= 4 is 5.91 Å². The van der Waals surface area contributed by atoms with Crippen molar-refractivity contribution in [1.29, 1.82) is 0 Å². The smallest absolute Gasteiger partial charge is 0.220 e. The fraction of sp³-hybridized carbons (Fsp3) is 0.917. The van der Waals surface area contributed by atoms with Gasteiger partial charge in [-0.15, -0.1) is 0 Å². The maximum atomic E-state index is 11.1. The van der Waals surface area contributed by atoms with Crippen molar-refractivity contribution in [2.75, 3.05) is 33.2 Å². The van der Waals surface area contributed by atoms with Crippen molar-refractivity contribution in [2.24, 2.45) is 5.92 Å². The third-order valence-corrected chi connectivity index (χ3v) is 3.76. The summed E-state index contributed by atoms with van der Waals surface area (Å²) >= 11 is 0. The standard InChI is InChI=1S/C12H23N3O/c1-13-8-10-4-6-15(7-5-10)9-11-2-3-12(16)14-11/h10-11,13H,2-9H2,1H3,(H,14,16). The van der Waals surface area contributed by atoms with E-state index in [1.54, 1.807) is 0 Å². The Hall–Kier alpha value is -0.610. The third-order valence-electron chi connectivity index (χ3n) is 3.76. The van der Waals surface area contributed by atoms with E-state index in [-0.39, 0.29) is 5.91 Å². The number of hydrogen-bond acceptors (Lipinski definition) is 3. The van der Waals surface area contributed by atoms with Crippen molar-refractivity contribution in [3.05, 3.63) is 0 Å². The number of nitrogens with one attached hydrogen (secondary N) is 2. The Bertz CT molecular complexity index is 236. The zero-order valence-electron chi connectivity index (χ0n) is 10.2. The number of carbonyl (C=O) groups excluding carboxylic acids is 1. The molecule has 1 amide bonds. The van der Waals surface area contributed by atoms with E-state index < -0.39 is 0 Å². The monoisotopic (exact) mass is 225 g/mol. The second-order valence-corrected chi connectivity index (χ2v) is 5.10. The van der Waals surface area contributed by atoms with Crippen LogP contribution in [0, 0.1) is 5.92 Å². The van der Waals surface area contributed by atoms with Crippen molar-refractivity contribution in [3.8, 4) is 0 Å². The number of hydrogen-bond donors (Lipinski definition) is 2. The molecule has 0 aliphatic carbocycles. The van der Waals surface area contributed by atoms with E-state index in [1.807, 2.05) is 7.05 Å². The molecule has 1 atom stereocenters. The molecule has 0 radical (unpaired) electrons. The lowest BCUT2D eigenvalue weighted by Gasteiger charge is -2.33. The van der Waals surface area contributed by atoms with Gasteiger partial charge in [-0.05, 0) is 51.9 Å². The van der Waals surface area contributed by atoms with Crippen LogP contribution in [-0.2, 0) is 4.79 Å². The molecule has 0 aromatic carbocycles. The van der Waals surface area contributed by atoms with Crippen molar-refractivity contribution in [1.82, 2.24) is 15.5 Å². The van der Waals surface area contributed by atoms with Gasteiger partial charge in [0.1, 0.15) is 0 Å². The Morgan fingerprint density at radius 3 is 2.69 bits per heavy atom. The fourth-order valence-corrected chi connectivity index (χ4v) is 2.79. The Morgan fingerprint density at radius 2 is 2.12 bits per heavy atom. The van der Waals surface area contributed by atoms with Crippen LogP contribution in [0.15, 0.2) is 0 Å². The quantitative estimate of drug-likeness (QED) is 0.718. The highest BCUT2D eigenvalue weighted by Gasteiger charge is 2.25. The average molecular weight is 225 g/mol. The van der Waals surface area contributed by atoms with Gasteiger partial charge in [0, 0.05) is 19.0 Å². The van der Waals surface area contributed by atoms with Gasteiger partial charge in [-0.1, -0.05) is 0 Å². The molecule has 2 N–H and O–H groups in total. The highest BCUT2D eigenvalue weighted by atomic mass is 16.1. The summed E-state index contributed by atoms with van der Waals surface area (Å²) in [5.41, 5.74) is 0. The van der Waals surface area contributed by atoms with Crippen LogP contribution in [0.4, 0.5) is 0 Å². The first kappa shape index (κ1) is 11.9. The lowest BCUT2D eigenvalue weighted by Crippen LogP contribution is -2.43. The van der Waals surface area contributed by atoms with E-state index in [1.165, 1.54) is 25.9 Å². The Labute approximate surface area is 97.8 Å². The molecule has 2 heterocycles. The minimum Gasteiger partial charge on any atom is -0.352 e. The predicted molar refractivity (Wildman–Crippen MR) is 64.3 cm³/mol. The Kier molecular flexibility index (Phi) is 4.18.